The van der Waals surface area contributed by atoms with Crippen LogP contribution < -0.4 is 5.32 Å². The number of hydrogen-bond acceptors (Lipinski definition) is 7. The van der Waals surface area contributed by atoms with Gasteiger partial charge in [0.15, 0.2) is 0 Å². The number of aliphatic hydroxyl groups is 1. The third-order valence-electron chi connectivity index (χ3n) is 3.91. The zero-order valence-corrected chi connectivity index (χ0v) is 20.0. The SMILES string of the molecule is Cc1ccc(S(=O)(=O)O)cc1.Cc1ccc(S(=O)(=O)OCC(O)CNC(C)(C)C)cc1. The predicted molar refractivity (Wildman–Crippen MR) is 119 cm³/mol. The van der Waals surface area contributed by atoms with Crippen molar-refractivity contribution in [3.05, 3.63) is 59.7 Å². The van der Waals surface area contributed by atoms with Gasteiger partial charge < -0.3 is 10.4 Å². The normalized spacial score (nSPS) is 13.3. The lowest BCUT2D eigenvalue weighted by Gasteiger charge is -2.22. The molecule has 0 fully saturated rings. The van der Waals surface area contributed by atoms with Gasteiger partial charge in [-0.25, -0.2) is 0 Å². The van der Waals surface area contributed by atoms with Crippen LogP contribution >= 0.6 is 0 Å². The molecule has 0 aliphatic rings. The Bertz CT molecular complexity index is 1020. The van der Waals surface area contributed by atoms with E-state index in [0.717, 1.165) is 11.1 Å². The average molecular weight is 474 g/mol. The number of aliphatic hydroxyl groups excluding tert-OH is 1. The molecule has 0 spiro atoms. The van der Waals surface area contributed by atoms with Crippen molar-refractivity contribution in [1.82, 2.24) is 5.32 Å². The molecule has 0 heterocycles. The maximum absolute atomic E-state index is 11.9. The quantitative estimate of drug-likeness (QED) is 0.413. The molecule has 0 saturated heterocycles. The Hall–Kier alpha value is -1.82. The Morgan fingerprint density at radius 3 is 1.68 bits per heavy atom. The molecule has 2 aromatic rings. The first-order chi connectivity index (χ1) is 14.1. The van der Waals surface area contributed by atoms with Gasteiger partial charge in [-0.2, -0.15) is 16.8 Å². The van der Waals surface area contributed by atoms with Crippen LogP contribution in [0.1, 0.15) is 31.9 Å². The summed E-state index contributed by atoms with van der Waals surface area (Å²) in [5.41, 5.74) is 1.78. The first-order valence-corrected chi connectivity index (χ1v) is 12.4. The van der Waals surface area contributed by atoms with Crippen molar-refractivity contribution in [2.24, 2.45) is 0 Å². The highest BCUT2D eigenvalue weighted by molar-refractivity contribution is 7.86. The molecule has 2 rings (SSSR count). The van der Waals surface area contributed by atoms with Crippen LogP contribution in [0, 0.1) is 13.8 Å². The van der Waals surface area contributed by atoms with Crippen LogP contribution in [0.3, 0.4) is 0 Å². The van der Waals surface area contributed by atoms with Gasteiger partial charge in [0.1, 0.15) is 0 Å². The standard InChI is InChI=1S/C14H23NO4S.C7H8O3S/c1-11-5-7-13(8-6-11)20(17,18)19-10-12(16)9-15-14(2,3)4;1-6-2-4-7(5-3-6)11(8,9)10/h5-8,12,15-16H,9-10H2,1-4H3;2-5H,1H3,(H,8,9,10). The van der Waals surface area contributed by atoms with Crippen molar-refractivity contribution in [3.63, 3.8) is 0 Å². The maximum atomic E-state index is 11.9. The van der Waals surface area contributed by atoms with Crippen molar-refractivity contribution in [3.8, 4) is 0 Å². The molecule has 0 aromatic heterocycles. The van der Waals surface area contributed by atoms with E-state index in [4.69, 9.17) is 8.74 Å². The van der Waals surface area contributed by atoms with Crippen LogP contribution in [0.5, 0.6) is 0 Å². The number of aryl methyl sites for hydroxylation is 2. The third kappa shape index (κ3) is 10.9. The Morgan fingerprint density at radius 2 is 1.29 bits per heavy atom. The van der Waals surface area contributed by atoms with Gasteiger partial charge in [0.05, 0.1) is 22.5 Å². The summed E-state index contributed by atoms with van der Waals surface area (Å²) in [6, 6.07) is 12.4. The molecular weight excluding hydrogens is 442 g/mol. The molecule has 3 N–H and O–H groups in total. The van der Waals surface area contributed by atoms with Gasteiger partial charge in [-0.3, -0.25) is 8.74 Å². The minimum Gasteiger partial charge on any atom is -0.389 e. The molecule has 1 unspecified atom stereocenters. The van der Waals surface area contributed by atoms with E-state index in [1.807, 2.05) is 34.6 Å². The van der Waals surface area contributed by atoms with E-state index in [1.54, 1.807) is 24.3 Å². The summed E-state index contributed by atoms with van der Waals surface area (Å²) in [4.78, 5) is 0.0298. The second-order valence-corrected chi connectivity index (χ2v) is 11.2. The molecule has 0 amide bonds. The summed E-state index contributed by atoms with van der Waals surface area (Å²) < 4.78 is 58.2. The zero-order valence-electron chi connectivity index (χ0n) is 18.4. The van der Waals surface area contributed by atoms with E-state index < -0.39 is 26.3 Å². The van der Waals surface area contributed by atoms with Crippen molar-refractivity contribution in [1.29, 1.82) is 0 Å². The van der Waals surface area contributed by atoms with Crippen molar-refractivity contribution < 1.29 is 30.7 Å². The predicted octanol–water partition coefficient (Wildman–Crippen LogP) is 2.69. The van der Waals surface area contributed by atoms with Gasteiger partial charge in [-0.1, -0.05) is 35.4 Å². The second kappa shape index (κ2) is 11.2. The number of β-amino-alcohol motifs (C(OH)–C–C–N with tert-alkyl or cyclic N) is 1. The highest BCUT2D eigenvalue weighted by atomic mass is 32.2. The number of nitrogens with one attached hydrogen (secondary N) is 1. The lowest BCUT2D eigenvalue weighted by atomic mass is 10.1. The summed E-state index contributed by atoms with van der Waals surface area (Å²) in [5.74, 6) is 0. The Morgan fingerprint density at radius 1 is 0.871 bits per heavy atom. The van der Waals surface area contributed by atoms with E-state index in [0.29, 0.717) is 0 Å². The van der Waals surface area contributed by atoms with Crippen molar-refractivity contribution >= 4 is 20.2 Å². The average Bonchev–Trinajstić information content (AvgIpc) is 2.65. The Balaban J connectivity index is 0.000000367. The van der Waals surface area contributed by atoms with E-state index in [1.165, 1.54) is 24.3 Å². The fourth-order valence-corrected chi connectivity index (χ4v) is 3.56. The third-order valence-corrected chi connectivity index (χ3v) is 6.08. The van der Waals surface area contributed by atoms with Gasteiger partial charge >= 0.3 is 0 Å². The first kappa shape index (κ1) is 27.2. The van der Waals surface area contributed by atoms with Gasteiger partial charge in [0.25, 0.3) is 20.2 Å². The zero-order chi connectivity index (χ0) is 23.9. The fraction of sp³-hybridized carbons (Fsp3) is 0.429. The highest BCUT2D eigenvalue weighted by Crippen LogP contribution is 2.13. The molecule has 31 heavy (non-hydrogen) atoms. The van der Waals surface area contributed by atoms with E-state index in [9.17, 15) is 21.9 Å². The van der Waals surface area contributed by atoms with Crippen LogP contribution in [0.25, 0.3) is 0 Å². The van der Waals surface area contributed by atoms with E-state index in [-0.39, 0.29) is 28.5 Å². The molecule has 8 nitrogen and oxygen atoms in total. The van der Waals surface area contributed by atoms with Gasteiger partial charge in [0, 0.05) is 12.1 Å². The van der Waals surface area contributed by atoms with Crippen LogP contribution in [-0.4, -0.2) is 51.3 Å². The second-order valence-electron chi connectivity index (χ2n) is 8.12. The van der Waals surface area contributed by atoms with Crippen LogP contribution in [0.4, 0.5) is 0 Å². The maximum Gasteiger partial charge on any atom is 0.297 e. The minimum absolute atomic E-state index is 0.0666. The Kier molecular flexibility index (Phi) is 9.80. The number of rotatable bonds is 7. The summed E-state index contributed by atoms with van der Waals surface area (Å²) >= 11 is 0. The molecule has 10 heteroatoms. The fourth-order valence-electron chi connectivity index (χ4n) is 2.13. The van der Waals surface area contributed by atoms with Crippen molar-refractivity contribution in [2.45, 2.75) is 56.1 Å². The first-order valence-electron chi connectivity index (χ1n) is 9.53. The Labute approximate surface area is 185 Å². The molecule has 1 atom stereocenters. The molecule has 0 aliphatic heterocycles. The summed E-state index contributed by atoms with van der Waals surface area (Å²) in [5, 5.41) is 12.8. The topological polar surface area (TPSA) is 130 Å². The van der Waals surface area contributed by atoms with Crippen LogP contribution in [0.15, 0.2) is 58.3 Å². The van der Waals surface area contributed by atoms with Crippen LogP contribution in [-0.2, 0) is 24.4 Å². The monoisotopic (exact) mass is 473 g/mol. The van der Waals surface area contributed by atoms with Crippen molar-refractivity contribution in [2.75, 3.05) is 13.2 Å². The van der Waals surface area contributed by atoms with Gasteiger partial charge in [-0.15, -0.1) is 0 Å². The molecular formula is C21H31NO7S2. The lowest BCUT2D eigenvalue weighted by molar-refractivity contribution is 0.103. The molecule has 2 aromatic carbocycles. The molecule has 0 aliphatic carbocycles. The highest BCUT2D eigenvalue weighted by Gasteiger charge is 2.18. The summed E-state index contributed by atoms with van der Waals surface area (Å²) in [6.45, 7) is 9.61. The van der Waals surface area contributed by atoms with E-state index >= 15 is 0 Å². The largest absolute Gasteiger partial charge is 0.389 e. The van der Waals surface area contributed by atoms with Gasteiger partial charge in [-0.05, 0) is 58.9 Å². The summed E-state index contributed by atoms with van der Waals surface area (Å²) in [7, 11) is -7.83. The molecule has 0 radical (unpaired) electrons. The van der Waals surface area contributed by atoms with Gasteiger partial charge in [0.2, 0.25) is 0 Å². The molecule has 174 valence electrons. The number of hydrogen-bond donors (Lipinski definition) is 3. The molecule has 0 saturated carbocycles. The smallest absolute Gasteiger partial charge is 0.297 e. The summed E-state index contributed by atoms with van der Waals surface area (Å²) in [6.07, 6.45) is -0.880. The molecule has 0 bridgehead atoms. The van der Waals surface area contributed by atoms with Crippen LogP contribution in [0.2, 0.25) is 0 Å². The van der Waals surface area contributed by atoms with E-state index in [2.05, 4.69) is 5.32 Å². The number of benzene rings is 2. The lowest BCUT2D eigenvalue weighted by Crippen LogP contribution is -2.42. The minimum atomic E-state index is -4.02.